The molecule has 1 aliphatic rings. The molecule has 1 N–H and O–H groups in total. The van der Waals surface area contributed by atoms with E-state index in [0.717, 1.165) is 17.7 Å². The highest BCUT2D eigenvalue weighted by Crippen LogP contribution is 2.37. The van der Waals surface area contributed by atoms with Crippen molar-refractivity contribution in [3.8, 4) is 11.5 Å². The summed E-state index contributed by atoms with van der Waals surface area (Å²) in [6, 6.07) is 3.33. The molecule has 1 aromatic carbocycles. The monoisotopic (exact) mass is 423 g/mol. The van der Waals surface area contributed by atoms with Crippen molar-refractivity contribution in [1.82, 2.24) is 9.78 Å². The van der Waals surface area contributed by atoms with E-state index in [1.807, 2.05) is 6.92 Å². The van der Waals surface area contributed by atoms with Crippen molar-refractivity contribution in [2.24, 2.45) is 5.92 Å². The predicted molar refractivity (Wildman–Crippen MR) is 112 cm³/mol. The van der Waals surface area contributed by atoms with Crippen molar-refractivity contribution in [3.05, 3.63) is 39.6 Å². The van der Waals surface area contributed by atoms with Crippen LogP contribution in [0, 0.1) is 12.8 Å². The first-order valence-corrected chi connectivity index (χ1v) is 9.92. The van der Waals surface area contributed by atoms with Crippen molar-refractivity contribution in [2.75, 3.05) is 18.5 Å². The summed E-state index contributed by atoms with van der Waals surface area (Å²) in [6.07, 6.45) is 3.87. The summed E-state index contributed by atoms with van der Waals surface area (Å²) in [7, 11) is 0. The number of carbonyl (C=O) groups excluding carboxylic acids is 1. The Morgan fingerprint density at radius 1 is 1.29 bits per heavy atom. The molecule has 2 heterocycles. The lowest BCUT2D eigenvalue weighted by molar-refractivity contribution is -0.111. The molecule has 0 unspecified atom stereocenters. The number of nitrogens with zero attached hydrogens (tertiary/aromatic N) is 2. The zero-order valence-corrected chi connectivity index (χ0v) is 17.6. The molecule has 0 radical (unpaired) electrons. The van der Waals surface area contributed by atoms with Gasteiger partial charge in [0, 0.05) is 36.7 Å². The Bertz CT molecular complexity index is 907. The summed E-state index contributed by atoms with van der Waals surface area (Å²) < 4.78 is 13.0. The molecular weight excluding hydrogens is 401 g/mol. The largest absolute Gasteiger partial charge is 0.490 e. The van der Waals surface area contributed by atoms with Gasteiger partial charge in [0.1, 0.15) is 5.15 Å². The van der Waals surface area contributed by atoms with E-state index < -0.39 is 0 Å². The Balaban J connectivity index is 1.74. The van der Waals surface area contributed by atoms with Gasteiger partial charge in [-0.3, -0.25) is 9.48 Å². The number of aryl methyl sites for hydroxylation is 1. The number of nitrogens with one attached hydrogen (secondary N) is 1. The Kier molecular flexibility index (Phi) is 6.52. The van der Waals surface area contributed by atoms with Gasteiger partial charge in [0.2, 0.25) is 5.91 Å². The van der Waals surface area contributed by atoms with Crippen molar-refractivity contribution in [1.29, 1.82) is 0 Å². The van der Waals surface area contributed by atoms with Gasteiger partial charge in [-0.05, 0) is 18.9 Å². The molecule has 2 aromatic rings. The van der Waals surface area contributed by atoms with Crippen molar-refractivity contribution in [2.45, 2.75) is 33.7 Å². The second-order valence-corrected chi connectivity index (χ2v) is 7.78. The number of ether oxygens (including phenoxy) is 2. The van der Waals surface area contributed by atoms with Crippen LogP contribution in [0.5, 0.6) is 11.5 Å². The second kappa shape index (κ2) is 8.88. The zero-order valence-electron chi connectivity index (χ0n) is 16.1. The summed E-state index contributed by atoms with van der Waals surface area (Å²) in [5.74, 6) is 1.23. The molecule has 0 fully saturated rings. The van der Waals surface area contributed by atoms with E-state index in [4.69, 9.17) is 32.7 Å². The van der Waals surface area contributed by atoms with Gasteiger partial charge in [0.15, 0.2) is 11.5 Å². The molecule has 6 nitrogen and oxygen atoms in total. The van der Waals surface area contributed by atoms with E-state index in [9.17, 15) is 4.79 Å². The molecule has 0 spiro atoms. The lowest BCUT2D eigenvalue weighted by Gasteiger charge is -2.11. The molecular formula is C20H23Cl2N3O3. The minimum absolute atomic E-state index is 0.330. The second-order valence-electron chi connectivity index (χ2n) is 7.02. The Hall–Kier alpha value is -2.18. The van der Waals surface area contributed by atoms with Gasteiger partial charge in [0.05, 0.1) is 29.6 Å². The summed E-state index contributed by atoms with van der Waals surface area (Å²) in [6.45, 7) is 7.89. The predicted octanol–water partition coefficient (Wildman–Crippen LogP) is 4.97. The molecule has 150 valence electrons. The van der Waals surface area contributed by atoms with E-state index in [1.165, 1.54) is 6.08 Å². The van der Waals surface area contributed by atoms with Crippen LogP contribution in [0.25, 0.3) is 6.08 Å². The van der Waals surface area contributed by atoms with Gasteiger partial charge < -0.3 is 14.8 Å². The maximum atomic E-state index is 12.4. The van der Waals surface area contributed by atoms with Gasteiger partial charge in [-0.25, -0.2) is 0 Å². The number of benzene rings is 1. The van der Waals surface area contributed by atoms with Gasteiger partial charge in [-0.1, -0.05) is 37.0 Å². The Labute approximate surface area is 174 Å². The number of fused-ring (bicyclic) bond motifs is 1. The lowest BCUT2D eigenvalue weighted by atomic mass is 10.2. The number of hydrogen-bond donors (Lipinski definition) is 1. The van der Waals surface area contributed by atoms with Crippen LogP contribution in [-0.4, -0.2) is 28.9 Å². The molecule has 28 heavy (non-hydrogen) atoms. The van der Waals surface area contributed by atoms with Crippen LogP contribution in [0.1, 0.15) is 31.5 Å². The number of carbonyl (C=O) groups is 1. The highest BCUT2D eigenvalue weighted by Gasteiger charge is 2.16. The normalized spacial score (nSPS) is 13.8. The summed E-state index contributed by atoms with van der Waals surface area (Å²) in [5, 5.41) is 8.10. The maximum absolute atomic E-state index is 12.4. The van der Waals surface area contributed by atoms with Crippen LogP contribution < -0.4 is 14.8 Å². The van der Waals surface area contributed by atoms with Crippen molar-refractivity contribution >= 4 is 40.9 Å². The van der Waals surface area contributed by atoms with Crippen molar-refractivity contribution in [3.63, 3.8) is 0 Å². The fourth-order valence-electron chi connectivity index (χ4n) is 2.84. The molecule has 0 atom stereocenters. The summed E-state index contributed by atoms with van der Waals surface area (Å²) in [5.41, 5.74) is 1.95. The van der Waals surface area contributed by atoms with Crippen molar-refractivity contribution < 1.29 is 14.3 Å². The number of hydrogen-bond acceptors (Lipinski definition) is 4. The van der Waals surface area contributed by atoms with Gasteiger partial charge in [-0.2, -0.15) is 5.10 Å². The van der Waals surface area contributed by atoms with E-state index >= 15 is 0 Å². The molecule has 1 amide bonds. The third-order valence-corrected chi connectivity index (χ3v) is 4.86. The highest BCUT2D eigenvalue weighted by atomic mass is 35.5. The minimum Gasteiger partial charge on any atom is -0.490 e. The van der Waals surface area contributed by atoms with Gasteiger partial charge >= 0.3 is 0 Å². The Morgan fingerprint density at radius 2 is 1.96 bits per heavy atom. The van der Waals surface area contributed by atoms with Gasteiger partial charge in [-0.15, -0.1) is 0 Å². The molecule has 1 aliphatic heterocycles. The van der Waals surface area contributed by atoms with Crippen LogP contribution in [0.15, 0.2) is 18.2 Å². The minimum atomic E-state index is -0.330. The number of amides is 1. The van der Waals surface area contributed by atoms with Crippen LogP contribution >= 0.6 is 23.2 Å². The highest BCUT2D eigenvalue weighted by molar-refractivity contribution is 6.34. The number of aromatic nitrogens is 2. The first-order valence-electron chi connectivity index (χ1n) is 9.16. The smallest absolute Gasteiger partial charge is 0.248 e. The standard InChI is InChI=1S/C20H23Cl2N3O3/c1-12(2)11-25-20(22)14(13(3)24-25)5-6-19(26)23-16-10-18-17(9-15(16)21)27-7-4-8-28-18/h5-6,9-10,12H,4,7-8,11H2,1-3H3,(H,23,26)/b6-5+. The van der Waals surface area contributed by atoms with E-state index in [0.29, 0.717) is 53.0 Å². The lowest BCUT2D eigenvalue weighted by Crippen LogP contribution is -2.08. The Morgan fingerprint density at radius 3 is 2.64 bits per heavy atom. The quantitative estimate of drug-likeness (QED) is 0.689. The third kappa shape index (κ3) is 4.80. The van der Waals surface area contributed by atoms with Crippen LogP contribution in [0.3, 0.4) is 0 Å². The molecule has 3 rings (SSSR count). The fraction of sp³-hybridized carbons (Fsp3) is 0.400. The fourth-order valence-corrected chi connectivity index (χ4v) is 3.34. The zero-order chi connectivity index (χ0) is 20.3. The summed E-state index contributed by atoms with van der Waals surface area (Å²) >= 11 is 12.7. The van der Waals surface area contributed by atoms with E-state index in [-0.39, 0.29) is 5.91 Å². The molecule has 1 aromatic heterocycles. The van der Waals surface area contributed by atoms with E-state index in [2.05, 4.69) is 24.3 Å². The average molecular weight is 424 g/mol. The number of halogens is 2. The van der Waals surface area contributed by atoms with E-state index in [1.54, 1.807) is 22.9 Å². The molecule has 8 heteroatoms. The maximum Gasteiger partial charge on any atom is 0.248 e. The average Bonchev–Trinajstić information content (AvgIpc) is 2.78. The van der Waals surface area contributed by atoms with Crippen LogP contribution in [-0.2, 0) is 11.3 Å². The van der Waals surface area contributed by atoms with Gasteiger partial charge in [0.25, 0.3) is 0 Å². The third-order valence-electron chi connectivity index (χ3n) is 4.14. The number of rotatable bonds is 5. The number of anilines is 1. The summed E-state index contributed by atoms with van der Waals surface area (Å²) in [4.78, 5) is 12.4. The topological polar surface area (TPSA) is 65.4 Å². The van der Waals surface area contributed by atoms with Crippen LogP contribution in [0.4, 0.5) is 5.69 Å². The first-order chi connectivity index (χ1) is 13.3. The van der Waals surface area contributed by atoms with Crippen LogP contribution in [0.2, 0.25) is 10.2 Å². The molecule has 0 saturated heterocycles. The molecule has 0 aliphatic carbocycles. The molecule has 0 saturated carbocycles. The molecule has 0 bridgehead atoms. The SMILES string of the molecule is Cc1nn(CC(C)C)c(Cl)c1/C=C/C(=O)Nc1cc2c(cc1Cl)OCCCO2. The first kappa shape index (κ1) is 20.6.